The van der Waals surface area contributed by atoms with Gasteiger partial charge in [0, 0.05) is 25.2 Å². The van der Waals surface area contributed by atoms with Gasteiger partial charge >= 0.3 is 11.9 Å². The van der Waals surface area contributed by atoms with Crippen LogP contribution in [0.4, 0.5) is 0 Å². The van der Waals surface area contributed by atoms with Crippen molar-refractivity contribution in [1.29, 1.82) is 0 Å². The van der Waals surface area contributed by atoms with Crippen LogP contribution in [0.3, 0.4) is 0 Å². The molecule has 0 bridgehead atoms. The molecule has 2 fully saturated rings. The number of phenolic OH excluding ortho intramolecular Hbond substituents is 2. The molecule has 35 heavy (non-hydrogen) atoms. The van der Waals surface area contributed by atoms with Gasteiger partial charge in [0.1, 0.15) is 12.7 Å². The summed E-state index contributed by atoms with van der Waals surface area (Å²) in [5.74, 6) is -2.00. The molecule has 10 nitrogen and oxygen atoms in total. The normalized spacial score (nSPS) is 19.6. The van der Waals surface area contributed by atoms with Crippen LogP contribution in [-0.4, -0.2) is 72.6 Å². The molecule has 0 spiro atoms. The van der Waals surface area contributed by atoms with Crippen LogP contribution in [0.15, 0.2) is 12.1 Å². The van der Waals surface area contributed by atoms with E-state index in [1.54, 1.807) is 6.92 Å². The van der Waals surface area contributed by atoms with Crippen LogP contribution in [0.5, 0.6) is 11.5 Å². The number of esters is 2. The van der Waals surface area contributed by atoms with E-state index in [1.807, 2.05) is 20.8 Å². The summed E-state index contributed by atoms with van der Waals surface area (Å²) >= 11 is 0. The molecule has 1 saturated heterocycles. The summed E-state index contributed by atoms with van der Waals surface area (Å²) in [7, 11) is 0. The number of benzene rings is 1. The smallest absolute Gasteiger partial charge is 0.338 e. The second kappa shape index (κ2) is 10.8. The van der Waals surface area contributed by atoms with Crippen molar-refractivity contribution >= 4 is 17.8 Å². The third-order valence-electron chi connectivity index (χ3n) is 6.52. The van der Waals surface area contributed by atoms with E-state index < -0.39 is 28.8 Å². The first kappa shape index (κ1) is 26.7. The van der Waals surface area contributed by atoms with Crippen LogP contribution < -0.4 is 10.6 Å². The van der Waals surface area contributed by atoms with Gasteiger partial charge in [0.15, 0.2) is 11.5 Å². The summed E-state index contributed by atoms with van der Waals surface area (Å²) in [6.07, 6.45) is 1.45. The van der Waals surface area contributed by atoms with Gasteiger partial charge in [-0.3, -0.25) is 9.59 Å². The molecule has 2 atom stereocenters. The van der Waals surface area contributed by atoms with E-state index in [-0.39, 0.29) is 42.3 Å². The average molecular weight is 493 g/mol. The Labute approximate surface area is 205 Å². The lowest BCUT2D eigenvalue weighted by molar-refractivity contribution is -0.157. The van der Waals surface area contributed by atoms with Crippen LogP contribution in [0.25, 0.3) is 0 Å². The highest BCUT2D eigenvalue weighted by Crippen LogP contribution is 2.46. The first-order valence-corrected chi connectivity index (χ1v) is 11.9. The molecular weight excluding hydrogens is 456 g/mol. The number of rotatable bonds is 11. The van der Waals surface area contributed by atoms with Crippen molar-refractivity contribution in [2.24, 2.45) is 11.3 Å². The molecular formula is C25H36N2O8. The molecule has 3 rings (SSSR count). The fourth-order valence-electron chi connectivity index (χ4n) is 3.61. The standard InChI is InChI=1S/C25H36N2O8/c1-15-9-19(28)20(29)10-18(15)22(31)34-13-17(35-23(32)25(4)6-7-25)11-27-24(2,3)14-26-21(30)16-5-8-33-12-16/h9-10,16-17,27-29H,5-8,11-14H2,1-4H3,(H,26,30). The molecule has 1 aromatic carbocycles. The lowest BCUT2D eigenvalue weighted by Crippen LogP contribution is -2.53. The SMILES string of the molecule is Cc1cc(O)c(O)cc1C(=O)OCC(CNC(C)(C)CNC(=O)C1CCOC1)OC(=O)C1(C)CC1. The summed E-state index contributed by atoms with van der Waals surface area (Å²) in [5, 5.41) is 25.5. The second-order valence-electron chi connectivity index (χ2n) is 10.4. The maximum absolute atomic E-state index is 12.6. The van der Waals surface area contributed by atoms with Crippen molar-refractivity contribution in [3.8, 4) is 11.5 Å². The maximum atomic E-state index is 12.6. The summed E-state index contributed by atoms with van der Waals surface area (Å²) in [5.41, 5.74) is -0.487. The van der Waals surface area contributed by atoms with Crippen molar-refractivity contribution in [3.63, 3.8) is 0 Å². The molecule has 10 heteroatoms. The molecule has 0 radical (unpaired) electrons. The number of amides is 1. The molecule has 1 saturated carbocycles. The van der Waals surface area contributed by atoms with Gasteiger partial charge in [0.05, 0.1) is 23.5 Å². The van der Waals surface area contributed by atoms with Crippen LogP contribution in [0.2, 0.25) is 0 Å². The highest BCUT2D eigenvalue weighted by atomic mass is 16.6. The minimum Gasteiger partial charge on any atom is -0.504 e. The number of hydrogen-bond donors (Lipinski definition) is 4. The van der Waals surface area contributed by atoms with E-state index in [9.17, 15) is 24.6 Å². The van der Waals surface area contributed by atoms with Crippen LogP contribution in [0, 0.1) is 18.3 Å². The van der Waals surface area contributed by atoms with E-state index in [0.717, 1.165) is 18.9 Å². The number of phenols is 2. The summed E-state index contributed by atoms with van der Waals surface area (Å²) in [4.78, 5) is 37.5. The second-order valence-corrected chi connectivity index (χ2v) is 10.4. The largest absolute Gasteiger partial charge is 0.504 e. The third kappa shape index (κ3) is 7.32. The van der Waals surface area contributed by atoms with Gasteiger partial charge in [0.2, 0.25) is 5.91 Å². The Morgan fingerprint density at radius 1 is 1.23 bits per heavy atom. The van der Waals surface area contributed by atoms with Gasteiger partial charge < -0.3 is 35.1 Å². The number of aromatic hydroxyl groups is 2. The van der Waals surface area contributed by atoms with Crippen molar-refractivity contribution in [2.75, 3.05) is 32.9 Å². The number of ether oxygens (including phenoxy) is 3. The number of carbonyl (C=O) groups excluding carboxylic acids is 3. The zero-order valence-electron chi connectivity index (χ0n) is 20.8. The molecule has 1 aliphatic carbocycles. The van der Waals surface area contributed by atoms with Crippen LogP contribution in [0.1, 0.15) is 56.0 Å². The molecule has 1 amide bonds. The number of nitrogens with one attached hydrogen (secondary N) is 2. The van der Waals surface area contributed by atoms with E-state index in [1.165, 1.54) is 6.07 Å². The Morgan fingerprint density at radius 3 is 2.54 bits per heavy atom. The molecule has 0 aromatic heterocycles. The van der Waals surface area contributed by atoms with E-state index >= 15 is 0 Å². The Balaban J connectivity index is 1.57. The first-order chi connectivity index (χ1) is 16.4. The highest BCUT2D eigenvalue weighted by Gasteiger charge is 2.47. The molecule has 4 N–H and O–H groups in total. The van der Waals surface area contributed by atoms with Crippen molar-refractivity contribution in [2.45, 2.75) is 58.6 Å². The monoisotopic (exact) mass is 492 g/mol. The molecule has 194 valence electrons. The summed E-state index contributed by atoms with van der Waals surface area (Å²) in [6.45, 7) is 8.64. The Morgan fingerprint density at radius 2 is 1.91 bits per heavy atom. The average Bonchev–Trinajstić information content (AvgIpc) is 3.32. The van der Waals surface area contributed by atoms with E-state index in [2.05, 4.69) is 10.6 Å². The molecule has 1 heterocycles. The van der Waals surface area contributed by atoms with Crippen molar-refractivity contribution < 1.29 is 38.8 Å². The quantitative estimate of drug-likeness (QED) is 0.268. The fraction of sp³-hybridized carbons (Fsp3) is 0.640. The predicted octanol–water partition coefficient (Wildman–Crippen LogP) is 1.80. The number of hydrogen-bond acceptors (Lipinski definition) is 9. The lowest BCUT2D eigenvalue weighted by atomic mass is 10.0. The fourth-order valence-corrected chi connectivity index (χ4v) is 3.61. The molecule has 1 aromatic rings. The molecule has 2 unspecified atom stereocenters. The van der Waals surface area contributed by atoms with Gasteiger partial charge in [0.25, 0.3) is 0 Å². The number of carbonyl (C=O) groups is 3. The highest BCUT2D eigenvalue weighted by molar-refractivity contribution is 5.92. The van der Waals surface area contributed by atoms with Crippen LogP contribution >= 0.6 is 0 Å². The lowest BCUT2D eigenvalue weighted by Gasteiger charge is -2.30. The Hall–Kier alpha value is -2.85. The third-order valence-corrected chi connectivity index (χ3v) is 6.52. The summed E-state index contributed by atoms with van der Waals surface area (Å²) < 4.78 is 16.3. The maximum Gasteiger partial charge on any atom is 0.338 e. The van der Waals surface area contributed by atoms with E-state index in [4.69, 9.17) is 14.2 Å². The van der Waals surface area contributed by atoms with E-state index in [0.29, 0.717) is 31.7 Å². The Bertz CT molecular complexity index is 951. The Kier molecular flexibility index (Phi) is 8.27. The van der Waals surface area contributed by atoms with Gasteiger partial charge in [-0.05, 0) is 64.7 Å². The topological polar surface area (TPSA) is 143 Å². The van der Waals surface area contributed by atoms with Gasteiger partial charge in [-0.15, -0.1) is 0 Å². The van der Waals surface area contributed by atoms with Gasteiger partial charge in [-0.1, -0.05) is 0 Å². The zero-order valence-corrected chi connectivity index (χ0v) is 20.8. The molecule has 1 aliphatic heterocycles. The summed E-state index contributed by atoms with van der Waals surface area (Å²) in [6, 6.07) is 2.41. The van der Waals surface area contributed by atoms with Gasteiger partial charge in [-0.25, -0.2) is 4.79 Å². The zero-order chi connectivity index (χ0) is 25.8. The van der Waals surface area contributed by atoms with Crippen LogP contribution in [-0.2, 0) is 23.8 Å². The minimum absolute atomic E-state index is 0.0524. The van der Waals surface area contributed by atoms with Crippen molar-refractivity contribution in [1.82, 2.24) is 10.6 Å². The first-order valence-electron chi connectivity index (χ1n) is 11.9. The molecule has 2 aliphatic rings. The minimum atomic E-state index is -0.756. The van der Waals surface area contributed by atoms with Gasteiger partial charge in [-0.2, -0.15) is 0 Å². The van der Waals surface area contributed by atoms with Crippen molar-refractivity contribution in [3.05, 3.63) is 23.3 Å². The number of aryl methyl sites for hydroxylation is 1. The predicted molar refractivity (Wildman–Crippen MR) is 126 cm³/mol.